The van der Waals surface area contributed by atoms with Gasteiger partial charge in [-0.3, -0.25) is 4.90 Å². The minimum Gasteiger partial charge on any atom is -0.481 e. The van der Waals surface area contributed by atoms with Gasteiger partial charge in [-0.15, -0.1) is 5.10 Å². The molecule has 3 heterocycles. The highest BCUT2D eigenvalue weighted by molar-refractivity contribution is 5.80. The molecule has 0 aliphatic carbocycles. The van der Waals surface area contributed by atoms with Crippen molar-refractivity contribution < 1.29 is 9.84 Å². The van der Waals surface area contributed by atoms with E-state index >= 15 is 0 Å². The van der Waals surface area contributed by atoms with Crippen LogP contribution in [0.2, 0.25) is 0 Å². The molecular formula is C17H19N5O2. The van der Waals surface area contributed by atoms with Gasteiger partial charge in [-0.2, -0.15) is 0 Å². The van der Waals surface area contributed by atoms with E-state index in [0.29, 0.717) is 25.5 Å². The van der Waals surface area contributed by atoms with Crippen LogP contribution in [0.4, 0.5) is 0 Å². The summed E-state index contributed by atoms with van der Waals surface area (Å²) in [5.74, 6) is 0.632. The van der Waals surface area contributed by atoms with Crippen molar-refractivity contribution in [2.75, 3.05) is 20.2 Å². The monoisotopic (exact) mass is 325 g/mol. The van der Waals surface area contributed by atoms with Crippen LogP contribution in [-0.2, 0) is 6.54 Å². The largest absolute Gasteiger partial charge is 0.481 e. The van der Waals surface area contributed by atoms with Crippen LogP contribution in [0.5, 0.6) is 5.88 Å². The molecule has 0 amide bonds. The molecule has 0 radical (unpaired) electrons. The summed E-state index contributed by atoms with van der Waals surface area (Å²) in [7, 11) is 1.64. The number of para-hydroxylation sites is 1. The van der Waals surface area contributed by atoms with Gasteiger partial charge in [-0.1, -0.05) is 23.4 Å². The predicted molar refractivity (Wildman–Crippen MR) is 88.6 cm³/mol. The van der Waals surface area contributed by atoms with E-state index in [0.717, 1.165) is 16.5 Å². The molecule has 1 aliphatic heterocycles. The van der Waals surface area contributed by atoms with Crippen molar-refractivity contribution in [1.29, 1.82) is 0 Å². The number of methoxy groups -OCH3 is 1. The molecule has 2 aromatic heterocycles. The number of rotatable bonds is 4. The number of nitrogens with zero attached hydrogens (tertiary/aromatic N) is 5. The standard InChI is InChI=1S/C17H19N5O2/c1-24-17-13(8-12-4-2-3-5-14(12)19-17)9-21-10-15(16(23)11-21)22-7-6-18-20-22/h2-8,15-16,23H,9-11H2,1H3/t15-,16-/m1/s1. The van der Waals surface area contributed by atoms with Crippen molar-refractivity contribution in [1.82, 2.24) is 24.9 Å². The average Bonchev–Trinajstić information content (AvgIpc) is 3.23. The van der Waals surface area contributed by atoms with Crippen molar-refractivity contribution in [2.45, 2.75) is 18.7 Å². The lowest BCUT2D eigenvalue weighted by molar-refractivity contribution is 0.138. The molecule has 7 heteroatoms. The van der Waals surface area contributed by atoms with E-state index in [1.54, 1.807) is 24.2 Å². The minimum absolute atomic E-state index is 0.0769. The summed E-state index contributed by atoms with van der Waals surface area (Å²) in [6, 6.07) is 10.0. The maximum absolute atomic E-state index is 10.3. The van der Waals surface area contributed by atoms with Gasteiger partial charge in [0.05, 0.1) is 31.0 Å². The minimum atomic E-state index is -0.467. The Morgan fingerprint density at radius 2 is 2.17 bits per heavy atom. The summed E-state index contributed by atoms with van der Waals surface area (Å²) < 4.78 is 7.18. The van der Waals surface area contributed by atoms with Crippen LogP contribution in [0, 0.1) is 0 Å². The Kier molecular flexibility index (Phi) is 3.87. The third kappa shape index (κ3) is 2.72. The summed E-state index contributed by atoms with van der Waals surface area (Å²) in [6.45, 7) is 1.96. The number of aromatic nitrogens is 4. The average molecular weight is 325 g/mol. The summed E-state index contributed by atoms with van der Waals surface area (Å²) in [4.78, 5) is 6.77. The molecule has 0 spiro atoms. The van der Waals surface area contributed by atoms with Crippen LogP contribution in [0.15, 0.2) is 42.7 Å². The zero-order valence-corrected chi connectivity index (χ0v) is 13.4. The number of β-amino-alcohol motifs (C(OH)–C–C–N with tert-alkyl or cyclic N) is 1. The second kappa shape index (κ2) is 6.18. The molecule has 7 nitrogen and oxygen atoms in total. The molecule has 1 fully saturated rings. The molecule has 1 N–H and O–H groups in total. The number of ether oxygens (including phenoxy) is 1. The Balaban J connectivity index is 1.58. The summed E-state index contributed by atoms with van der Waals surface area (Å²) in [5, 5.41) is 19.2. The van der Waals surface area contributed by atoms with E-state index in [9.17, 15) is 5.11 Å². The molecule has 4 rings (SSSR count). The smallest absolute Gasteiger partial charge is 0.218 e. The molecule has 3 aromatic rings. The lowest BCUT2D eigenvalue weighted by Crippen LogP contribution is -2.22. The number of likely N-dealkylation sites (tertiary alicyclic amines) is 1. The topological polar surface area (TPSA) is 76.3 Å². The van der Waals surface area contributed by atoms with Gasteiger partial charge in [-0.05, 0) is 12.1 Å². The Morgan fingerprint density at radius 3 is 2.96 bits per heavy atom. The fourth-order valence-corrected chi connectivity index (χ4v) is 3.30. The fraction of sp³-hybridized carbons (Fsp3) is 0.353. The zero-order chi connectivity index (χ0) is 16.5. The highest BCUT2D eigenvalue weighted by atomic mass is 16.5. The van der Waals surface area contributed by atoms with Crippen molar-refractivity contribution in [2.24, 2.45) is 0 Å². The maximum atomic E-state index is 10.3. The highest BCUT2D eigenvalue weighted by Gasteiger charge is 2.33. The van der Waals surface area contributed by atoms with Crippen LogP contribution in [0.1, 0.15) is 11.6 Å². The molecule has 24 heavy (non-hydrogen) atoms. The third-order valence-electron chi connectivity index (χ3n) is 4.47. The first-order chi connectivity index (χ1) is 11.7. The Labute approximate surface area is 139 Å². The number of hydrogen-bond donors (Lipinski definition) is 1. The van der Waals surface area contributed by atoms with E-state index in [1.807, 2.05) is 24.3 Å². The SMILES string of the molecule is COc1nc2ccccc2cc1CN1C[C@@H](O)[C@H](n2ccnn2)C1. The molecule has 124 valence electrons. The van der Waals surface area contributed by atoms with Crippen molar-refractivity contribution in [3.8, 4) is 5.88 Å². The number of fused-ring (bicyclic) bond motifs is 1. The molecule has 0 unspecified atom stereocenters. The normalized spacial score (nSPS) is 21.4. The fourth-order valence-electron chi connectivity index (χ4n) is 3.30. The number of benzene rings is 1. The van der Waals surface area contributed by atoms with Crippen molar-refractivity contribution in [3.05, 3.63) is 48.3 Å². The first kappa shape index (κ1) is 15.0. The van der Waals surface area contributed by atoms with Crippen LogP contribution in [0.25, 0.3) is 10.9 Å². The second-order valence-electron chi connectivity index (χ2n) is 6.06. The number of hydrogen-bond acceptors (Lipinski definition) is 6. The molecular weight excluding hydrogens is 306 g/mol. The van der Waals surface area contributed by atoms with Crippen LogP contribution in [-0.4, -0.2) is 56.3 Å². The quantitative estimate of drug-likeness (QED) is 0.778. The molecule has 0 saturated carbocycles. The van der Waals surface area contributed by atoms with Crippen LogP contribution >= 0.6 is 0 Å². The molecule has 1 saturated heterocycles. The van der Waals surface area contributed by atoms with Gasteiger partial charge < -0.3 is 9.84 Å². The Hall–Kier alpha value is -2.51. The Morgan fingerprint density at radius 1 is 1.29 bits per heavy atom. The number of pyridine rings is 1. The van der Waals surface area contributed by atoms with Crippen LogP contribution in [0.3, 0.4) is 0 Å². The number of aliphatic hydroxyl groups is 1. The molecule has 1 aromatic carbocycles. The van der Waals surface area contributed by atoms with E-state index in [1.165, 1.54) is 0 Å². The summed E-state index contributed by atoms with van der Waals surface area (Å²) in [5.41, 5.74) is 1.93. The molecule has 0 bridgehead atoms. The maximum Gasteiger partial charge on any atom is 0.218 e. The van der Waals surface area contributed by atoms with Crippen molar-refractivity contribution >= 4 is 10.9 Å². The van der Waals surface area contributed by atoms with Gasteiger partial charge in [0.15, 0.2) is 0 Å². The van der Waals surface area contributed by atoms with Gasteiger partial charge in [-0.25, -0.2) is 9.67 Å². The first-order valence-electron chi connectivity index (χ1n) is 7.93. The van der Waals surface area contributed by atoms with E-state index in [-0.39, 0.29) is 6.04 Å². The van der Waals surface area contributed by atoms with E-state index < -0.39 is 6.10 Å². The van der Waals surface area contributed by atoms with Gasteiger partial charge in [0.25, 0.3) is 0 Å². The van der Waals surface area contributed by atoms with Gasteiger partial charge in [0.1, 0.15) is 0 Å². The van der Waals surface area contributed by atoms with Crippen molar-refractivity contribution in [3.63, 3.8) is 0 Å². The lowest BCUT2D eigenvalue weighted by Gasteiger charge is -2.17. The zero-order valence-electron chi connectivity index (χ0n) is 13.4. The number of aliphatic hydroxyl groups excluding tert-OH is 1. The summed E-state index contributed by atoms with van der Waals surface area (Å²) >= 11 is 0. The third-order valence-corrected chi connectivity index (χ3v) is 4.47. The summed E-state index contributed by atoms with van der Waals surface area (Å²) in [6.07, 6.45) is 2.95. The predicted octanol–water partition coefficient (Wildman–Crippen LogP) is 1.25. The van der Waals surface area contributed by atoms with Gasteiger partial charge in [0.2, 0.25) is 5.88 Å². The first-order valence-corrected chi connectivity index (χ1v) is 7.93. The molecule has 1 aliphatic rings. The Bertz CT molecular complexity index is 836. The molecule has 2 atom stereocenters. The van der Waals surface area contributed by atoms with Gasteiger partial charge in [0, 0.05) is 36.8 Å². The van der Waals surface area contributed by atoms with Gasteiger partial charge >= 0.3 is 0 Å². The van der Waals surface area contributed by atoms with E-state index in [2.05, 4.69) is 26.3 Å². The second-order valence-corrected chi connectivity index (χ2v) is 6.06. The van der Waals surface area contributed by atoms with Crippen LogP contribution < -0.4 is 4.74 Å². The lowest BCUT2D eigenvalue weighted by atomic mass is 10.1. The van der Waals surface area contributed by atoms with E-state index in [4.69, 9.17) is 4.74 Å². The highest BCUT2D eigenvalue weighted by Crippen LogP contribution is 2.27.